The molecule has 0 aliphatic rings. The fraction of sp³-hybridized carbons (Fsp3) is 0.176. The Morgan fingerprint density at radius 1 is 1.25 bits per heavy atom. The molecule has 3 rings (SSSR count). The minimum absolute atomic E-state index is 0.188. The molecule has 1 amide bonds. The first-order chi connectivity index (χ1) is 11.4. The van der Waals surface area contributed by atoms with Crippen molar-refractivity contribution in [1.82, 2.24) is 9.97 Å². The topological polar surface area (TPSA) is 57.8 Å². The summed E-state index contributed by atoms with van der Waals surface area (Å²) in [5.74, 6) is -0.188. The molecule has 2 N–H and O–H groups in total. The van der Waals surface area contributed by atoms with Gasteiger partial charge in [0.1, 0.15) is 0 Å². The van der Waals surface area contributed by atoms with Crippen LogP contribution in [-0.2, 0) is 4.79 Å². The summed E-state index contributed by atoms with van der Waals surface area (Å²) in [5, 5.41) is 3.93. The monoisotopic (exact) mass is 379 g/mol. The molecule has 2 aromatic carbocycles. The Bertz CT molecular complexity index is 890. The molecule has 1 unspecified atom stereocenters. The number of rotatable bonds is 4. The third kappa shape index (κ3) is 3.69. The summed E-state index contributed by atoms with van der Waals surface area (Å²) in [5.41, 5.74) is 3.42. The fourth-order valence-electron chi connectivity index (χ4n) is 2.22. The fourth-order valence-corrected chi connectivity index (χ4v) is 3.53. The highest BCUT2D eigenvalue weighted by Gasteiger charge is 2.19. The standard InChI is InChI=1S/C17H15Cl2N3OS/c1-9-6-7-13-14(8-9)21-17(20-13)24-10(2)16(23)22-15-11(18)4-3-5-12(15)19/h3-8,10H,1-2H3,(H,20,21)(H,22,23). The van der Waals surface area contributed by atoms with E-state index >= 15 is 0 Å². The molecule has 1 atom stereocenters. The van der Waals surface area contributed by atoms with Gasteiger partial charge in [0, 0.05) is 0 Å². The molecule has 0 bridgehead atoms. The first-order valence-electron chi connectivity index (χ1n) is 7.32. The lowest BCUT2D eigenvalue weighted by atomic mass is 10.2. The van der Waals surface area contributed by atoms with Crippen LogP contribution in [0, 0.1) is 6.92 Å². The molecule has 124 valence electrons. The molecular weight excluding hydrogens is 365 g/mol. The quantitative estimate of drug-likeness (QED) is 0.604. The average molecular weight is 380 g/mol. The lowest BCUT2D eigenvalue weighted by Gasteiger charge is -2.12. The second-order valence-corrected chi connectivity index (χ2v) is 7.55. The number of carbonyl (C=O) groups is 1. The van der Waals surface area contributed by atoms with Crippen LogP contribution in [0.3, 0.4) is 0 Å². The Morgan fingerprint density at radius 3 is 2.67 bits per heavy atom. The van der Waals surface area contributed by atoms with Crippen molar-refractivity contribution in [2.75, 3.05) is 5.32 Å². The van der Waals surface area contributed by atoms with Gasteiger partial charge in [0.15, 0.2) is 5.16 Å². The van der Waals surface area contributed by atoms with Crippen LogP contribution in [-0.4, -0.2) is 21.1 Å². The number of H-pyrrole nitrogens is 1. The van der Waals surface area contributed by atoms with Crippen molar-refractivity contribution in [2.24, 2.45) is 0 Å². The van der Waals surface area contributed by atoms with Crippen molar-refractivity contribution in [3.05, 3.63) is 52.0 Å². The number of halogens is 2. The van der Waals surface area contributed by atoms with E-state index in [9.17, 15) is 4.79 Å². The Kier molecular flexibility index (Phi) is 5.04. The smallest absolute Gasteiger partial charge is 0.237 e. The summed E-state index contributed by atoms with van der Waals surface area (Å²) >= 11 is 13.5. The largest absolute Gasteiger partial charge is 0.333 e. The maximum absolute atomic E-state index is 12.4. The average Bonchev–Trinajstić information content (AvgIpc) is 2.92. The number of hydrogen-bond donors (Lipinski definition) is 2. The van der Waals surface area contributed by atoms with Gasteiger partial charge in [0.05, 0.1) is 32.0 Å². The number of para-hydroxylation sites is 1. The second kappa shape index (κ2) is 7.05. The molecule has 24 heavy (non-hydrogen) atoms. The summed E-state index contributed by atoms with van der Waals surface area (Å²) in [7, 11) is 0. The third-order valence-electron chi connectivity index (χ3n) is 3.48. The second-order valence-electron chi connectivity index (χ2n) is 5.41. The zero-order valence-electron chi connectivity index (χ0n) is 13.1. The van der Waals surface area contributed by atoms with Gasteiger partial charge >= 0.3 is 0 Å². The third-order valence-corrected chi connectivity index (χ3v) is 5.10. The summed E-state index contributed by atoms with van der Waals surface area (Å²) in [6, 6.07) is 11.1. The van der Waals surface area contributed by atoms with Crippen LogP contribution >= 0.6 is 35.0 Å². The van der Waals surface area contributed by atoms with Crippen LogP contribution in [0.25, 0.3) is 11.0 Å². The van der Waals surface area contributed by atoms with Gasteiger partial charge in [-0.3, -0.25) is 4.79 Å². The van der Waals surface area contributed by atoms with Crippen molar-refractivity contribution < 1.29 is 4.79 Å². The van der Waals surface area contributed by atoms with E-state index < -0.39 is 0 Å². The molecule has 0 spiro atoms. The number of aryl methyl sites for hydroxylation is 1. The van der Waals surface area contributed by atoms with Crippen LogP contribution in [0.2, 0.25) is 10.0 Å². The van der Waals surface area contributed by atoms with Crippen molar-refractivity contribution >= 4 is 57.6 Å². The van der Waals surface area contributed by atoms with Gasteiger partial charge in [0.2, 0.25) is 5.91 Å². The number of nitrogens with zero attached hydrogens (tertiary/aromatic N) is 1. The van der Waals surface area contributed by atoms with E-state index in [1.807, 2.05) is 32.0 Å². The van der Waals surface area contributed by atoms with Crippen molar-refractivity contribution in [3.8, 4) is 0 Å². The van der Waals surface area contributed by atoms with E-state index in [1.54, 1.807) is 18.2 Å². The van der Waals surface area contributed by atoms with Crippen molar-refractivity contribution in [3.63, 3.8) is 0 Å². The number of aromatic nitrogens is 2. The maximum atomic E-state index is 12.4. The van der Waals surface area contributed by atoms with Gasteiger partial charge in [-0.2, -0.15) is 0 Å². The van der Waals surface area contributed by atoms with E-state index in [2.05, 4.69) is 15.3 Å². The molecule has 3 aromatic rings. The SMILES string of the molecule is Cc1ccc2nc(SC(C)C(=O)Nc3c(Cl)cccc3Cl)[nH]c2c1. The molecular formula is C17H15Cl2N3OS. The zero-order valence-corrected chi connectivity index (χ0v) is 15.4. The van der Waals surface area contributed by atoms with Gasteiger partial charge in [-0.05, 0) is 43.7 Å². The van der Waals surface area contributed by atoms with Gasteiger partial charge in [0.25, 0.3) is 0 Å². The number of fused-ring (bicyclic) bond motifs is 1. The van der Waals surface area contributed by atoms with Crippen molar-refractivity contribution in [1.29, 1.82) is 0 Å². The molecule has 7 heteroatoms. The minimum atomic E-state index is -0.362. The predicted molar refractivity (Wildman–Crippen MR) is 101 cm³/mol. The van der Waals surface area contributed by atoms with Gasteiger partial charge in [-0.1, -0.05) is 47.1 Å². The molecule has 4 nitrogen and oxygen atoms in total. The van der Waals surface area contributed by atoms with E-state index in [1.165, 1.54) is 11.8 Å². The van der Waals surface area contributed by atoms with Crippen LogP contribution in [0.15, 0.2) is 41.6 Å². The molecule has 1 heterocycles. The number of anilines is 1. The number of nitrogens with one attached hydrogen (secondary N) is 2. The Labute approximate surface area is 153 Å². The molecule has 0 saturated heterocycles. The van der Waals surface area contributed by atoms with Crippen LogP contribution in [0.4, 0.5) is 5.69 Å². The molecule has 0 radical (unpaired) electrons. The Balaban J connectivity index is 1.73. The highest BCUT2D eigenvalue weighted by atomic mass is 35.5. The summed E-state index contributed by atoms with van der Waals surface area (Å²) < 4.78 is 0. The lowest BCUT2D eigenvalue weighted by Crippen LogP contribution is -2.22. The Morgan fingerprint density at radius 2 is 1.96 bits per heavy atom. The normalized spacial score (nSPS) is 12.3. The number of thioether (sulfide) groups is 1. The highest BCUT2D eigenvalue weighted by Crippen LogP contribution is 2.31. The number of aromatic amines is 1. The first-order valence-corrected chi connectivity index (χ1v) is 8.95. The van der Waals surface area contributed by atoms with Crippen LogP contribution < -0.4 is 5.32 Å². The number of amides is 1. The minimum Gasteiger partial charge on any atom is -0.333 e. The zero-order chi connectivity index (χ0) is 17.3. The molecule has 0 saturated carbocycles. The van der Waals surface area contributed by atoms with Crippen molar-refractivity contribution in [2.45, 2.75) is 24.3 Å². The molecule has 0 aliphatic heterocycles. The molecule has 1 aromatic heterocycles. The number of imidazole rings is 1. The number of carbonyl (C=O) groups excluding carboxylic acids is 1. The van der Waals surface area contributed by atoms with E-state index in [0.717, 1.165) is 16.6 Å². The van der Waals surface area contributed by atoms with Crippen LogP contribution in [0.5, 0.6) is 0 Å². The summed E-state index contributed by atoms with van der Waals surface area (Å²) in [6.07, 6.45) is 0. The van der Waals surface area contributed by atoms with Crippen LogP contribution in [0.1, 0.15) is 12.5 Å². The summed E-state index contributed by atoms with van der Waals surface area (Å²) in [6.45, 7) is 3.83. The predicted octanol–water partition coefficient (Wildman–Crippen LogP) is 5.30. The highest BCUT2D eigenvalue weighted by molar-refractivity contribution is 8.00. The van der Waals surface area contributed by atoms with E-state index in [0.29, 0.717) is 20.9 Å². The van der Waals surface area contributed by atoms with Gasteiger partial charge < -0.3 is 10.3 Å². The van der Waals surface area contributed by atoms with E-state index in [4.69, 9.17) is 23.2 Å². The maximum Gasteiger partial charge on any atom is 0.237 e. The van der Waals surface area contributed by atoms with Gasteiger partial charge in [-0.25, -0.2) is 4.98 Å². The summed E-state index contributed by atoms with van der Waals surface area (Å²) in [4.78, 5) is 20.1. The number of hydrogen-bond acceptors (Lipinski definition) is 3. The van der Waals surface area contributed by atoms with E-state index in [-0.39, 0.29) is 11.2 Å². The van der Waals surface area contributed by atoms with Gasteiger partial charge in [-0.15, -0.1) is 0 Å². The number of benzene rings is 2. The first kappa shape index (κ1) is 17.1. The Hall–Kier alpha value is -1.69. The molecule has 0 aliphatic carbocycles. The molecule has 0 fully saturated rings. The lowest BCUT2D eigenvalue weighted by molar-refractivity contribution is -0.115.